The number of nitrogens with zero attached hydrogens (tertiary/aromatic N) is 1. The van der Waals surface area contributed by atoms with Crippen LogP contribution in [0.3, 0.4) is 0 Å². The van der Waals surface area contributed by atoms with E-state index in [1.54, 1.807) is 7.11 Å². The molecule has 6 heteroatoms. The Morgan fingerprint density at radius 2 is 2.09 bits per heavy atom. The molecule has 5 nitrogen and oxygen atoms in total. The summed E-state index contributed by atoms with van der Waals surface area (Å²) >= 11 is 1.48. The Morgan fingerprint density at radius 3 is 2.74 bits per heavy atom. The Balaban J connectivity index is 2.26. The maximum Gasteiger partial charge on any atom is 0.327 e. The first kappa shape index (κ1) is 17.7. The summed E-state index contributed by atoms with van der Waals surface area (Å²) in [5.41, 5.74) is 0.854. The van der Waals surface area contributed by atoms with Crippen molar-refractivity contribution in [3.05, 3.63) is 29.8 Å². The van der Waals surface area contributed by atoms with E-state index in [0.717, 1.165) is 24.8 Å². The SMILES string of the molecule is CCCCCC(=O)N1C(C(=O)O)CSC1c1ccccc1OC. The minimum Gasteiger partial charge on any atom is -0.496 e. The summed E-state index contributed by atoms with van der Waals surface area (Å²) in [6.45, 7) is 2.08. The zero-order chi connectivity index (χ0) is 16.8. The van der Waals surface area contributed by atoms with Gasteiger partial charge in [0.05, 0.1) is 7.11 Å². The minimum atomic E-state index is -0.946. The van der Waals surface area contributed by atoms with Crippen LogP contribution in [0.2, 0.25) is 0 Å². The van der Waals surface area contributed by atoms with Gasteiger partial charge in [-0.1, -0.05) is 38.0 Å². The van der Waals surface area contributed by atoms with Gasteiger partial charge in [-0.05, 0) is 12.5 Å². The number of ether oxygens (including phenoxy) is 1. The number of para-hydroxylation sites is 1. The number of rotatable bonds is 7. The number of amides is 1. The lowest BCUT2D eigenvalue weighted by molar-refractivity contribution is -0.149. The number of carbonyl (C=O) groups excluding carboxylic acids is 1. The van der Waals surface area contributed by atoms with Gasteiger partial charge in [-0.15, -0.1) is 11.8 Å². The van der Waals surface area contributed by atoms with E-state index in [9.17, 15) is 14.7 Å². The van der Waals surface area contributed by atoms with Crippen molar-refractivity contribution in [2.24, 2.45) is 0 Å². The maximum absolute atomic E-state index is 12.6. The normalized spacial score (nSPS) is 20.5. The number of unbranched alkanes of at least 4 members (excludes halogenated alkanes) is 2. The first-order valence-electron chi connectivity index (χ1n) is 7.88. The van der Waals surface area contributed by atoms with Gasteiger partial charge in [0, 0.05) is 17.7 Å². The first-order chi connectivity index (χ1) is 11.1. The summed E-state index contributed by atoms with van der Waals surface area (Å²) in [4.78, 5) is 25.7. The lowest BCUT2D eigenvalue weighted by atomic mass is 10.1. The van der Waals surface area contributed by atoms with Crippen LogP contribution >= 0.6 is 11.8 Å². The summed E-state index contributed by atoms with van der Waals surface area (Å²) < 4.78 is 5.38. The van der Waals surface area contributed by atoms with E-state index in [0.29, 0.717) is 17.9 Å². The number of benzene rings is 1. The Hall–Kier alpha value is -1.69. The molecule has 1 aliphatic rings. The topological polar surface area (TPSA) is 66.8 Å². The monoisotopic (exact) mass is 337 g/mol. The van der Waals surface area contributed by atoms with E-state index in [-0.39, 0.29) is 11.3 Å². The number of aliphatic carboxylic acids is 1. The molecule has 0 saturated carbocycles. The van der Waals surface area contributed by atoms with Crippen LogP contribution in [-0.4, -0.2) is 40.8 Å². The van der Waals surface area contributed by atoms with E-state index in [1.165, 1.54) is 16.7 Å². The molecule has 0 radical (unpaired) electrons. The quantitative estimate of drug-likeness (QED) is 0.773. The Labute approximate surface area is 141 Å². The number of carbonyl (C=O) groups is 2. The average molecular weight is 337 g/mol. The first-order valence-corrected chi connectivity index (χ1v) is 8.93. The molecule has 1 amide bonds. The van der Waals surface area contributed by atoms with Crippen molar-refractivity contribution < 1.29 is 19.4 Å². The second kappa shape index (κ2) is 8.24. The predicted octanol–water partition coefficient (Wildman–Crippen LogP) is 3.30. The van der Waals surface area contributed by atoms with Crippen molar-refractivity contribution in [1.82, 2.24) is 4.90 Å². The van der Waals surface area contributed by atoms with Gasteiger partial charge in [-0.3, -0.25) is 4.79 Å². The molecule has 1 N–H and O–H groups in total. The van der Waals surface area contributed by atoms with Crippen molar-refractivity contribution in [3.8, 4) is 5.75 Å². The summed E-state index contributed by atoms with van der Waals surface area (Å²) in [6.07, 6.45) is 3.19. The third-order valence-corrected chi connectivity index (χ3v) is 5.28. The molecule has 23 heavy (non-hydrogen) atoms. The molecular weight excluding hydrogens is 314 g/mol. The van der Waals surface area contributed by atoms with Gasteiger partial charge >= 0.3 is 5.97 Å². The number of methoxy groups -OCH3 is 1. The predicted molar refractivity (Wildman–Crippen MR) is 90.6 cm³/mol. The molecule has 1 aromatic rings. The molecule has 1 heterocycles. The highest BCUT2D eigenvalue weighted by molar-refractivity contribution is 7.99. The largest absolute Gasteiger partial charge is 0.496 e. The second-order valence-corrected chi connectivity index (χ2v) is 6.65. The molecule has 2 rings (SSSR count). The van der Waals surface area contributed by atoms with E-state index in [1.807, 2.05) is 24.3 Å². The molecule has 1 saturated heterocycles. The minimum absolute atomic E-state index is 0.0910. The van der Waals surface area contributed by atoms with E-state index < -0.39 is 12.0 Å². The summed E-state index contributed by atoms with van der Waals surface area (Å²) in [6, 6.07) is 6.71. The standard InChI is InChI=1S/C17H23NO4S/c1-3-4-5-10-15(19)18-13(17(20)21)11-23-16(18)12-8-6-7-9-14(12)22-2/h6-9,13,16H,3-5,10-11H2,1-2H3,(H,20,21). The Kier molecular flexibility index (Phi) is 6.33. The summed E-state index contributed by atoms with van der Waals surface area (Å²) in [5, 5.41) is 9.15. The third kappa shape index (κ3) is 3.99. The van der Waals surface area contributed by atoms with Gasteiger partial charge < -0.3 is 14.7 Å². The van der Waals surface area contributed by atoms with Crippen molar-refractivity contribution in [2.45, 2.75) is 44.0 Å². The fraction of sp³-hybridized carbons (Fsp3) is 0.529. The number of hydrogen-bond acceptors (Lipinski definition) is 4. The van der Waals surface area contributed by atoms with Crippen LogP contribution in [0.1, 0.15) is 43.5 Å². The van der Waals surface area contributed by atoms with Crippen molar-refractivity contribution >= 4 is 23.6 Å². The maximum atomic E-state index is 12.6. The zero-order valence-electron chi connectivity index (χ0n) is 13.5. The molecule has 1 fully saturated rings. The summed E-state index contributed by atoms with van der Waals surface area (Å²) in [5.74, 6) is 0.0466. The average Bonchev–Trinajstić information content (AvgIpc) is 3.00. The van der Waals surface area contributed by atoms with Crippen LogP contribution in [0.15, 0.2) is 24.3 Å². The molecule has 0 aromatic heterocycles. The van der Waals surface area contributed by atoms with Crippen LogP contribution in [0, 0.1) is 0 Å². The number of hydrogen-bond donors (Lipinski definition) is 1. The lowest BCUT2D eigenvalue weighted by Gasteiger charge is -2.28. The van der Waals surface area contributed by atoms with Crippen molar-refractivity contribution in [1.29, 1.82) is 0 Å². The van der Waals surface area contributed by atoms with E-state index in [4.69, 9.17) is 4.74 Å². The van der Waals surface area contributed by atoms with Gasteiger partial charge in [0.15, 0.2) is 0 Å². The molecule has 2 atom stereocenters. The Bertz CT molecular complexity index is 563. The highest BCUT2D eigenvalue weighted by Gasteiger charge is 2.42. The third-order valence-electron chi connectivity index (χ3n) is 3.97. The van der Waals surface area contributed by atoms with Crippen molar-refractivity contribution in [2.75, 3.05) is 12.9 Å². The molecule has 1 aromatic carbocycles. The highest BCUT2D eigenvalue weighted by Crippen LogP contribution is 2.44. The fourth-order valence-electron chi connectivity index (χ4n) is 2.77. The van der Waals surface area contributed by atoms with Gasteiger partial charge in [0.1, 0.15) is 17.2 Å². The van der Waals surface area contributed by atoms with Crippen LogP contribution < -0.4 is 4.74 Å². The van der Waals surface area contributed by atoms with Crippen LogP contribution in [-0.2, 0) is 9.59 Å². The molecule has 0 aliphatic carbocycles. The molecule has 0 bridgehead atoms. The Morgan fingerprint density at radius 1 is 1.35 bits per heavy atom. The number of carboxylic acids is 1. The molecule has 1 aliphatic heterocycles. The number of thioether (sulfide) groups is 1. The fourth-order valence-corrected chi connectivity index (χ4v) is 4.23. The van der Waals surface area contributed by atoms with Gasteiger partial charge in [-0.25, -0.2) is 4.79 Å². The molecular formula is C17H23NO4S. The smallest absolute Gasteiger partial charge is 0.327 e. The van der Waals surface area contributed by atoms with E-state index in [2.05, 4.69) is 6.92 Å². The molecule has 0 spiro atoms. The lowest BCUT2D eigenvalue weighted by Crippen LogP contribution is -2.42. The zero-order valence-corrected chi connectivity index (χ0v) is 14.3. The van der Waals surface area contributed by atoms with Crippen molar-refractivity contribution in [3.63, 3.8) is 0 Å². The number of carboxylic acid groups (broad SMARTS) is 1. The van der Waals surface area contributed by atoms with Crippen LogP contribution in [0.4, 0.5) is 0 Å². The van der Waals surface area contributed by atoms with E-state index >= 15 is 0 Å². The highest BCUT2D eigenvalue weighted by atomic mass is 32.2. The summed E-state index contributed by atoms with van der Waals surface area (Å²) in [7, 11) is 1.58. The second-order valence-electron chi connectivity index (χ2n) is 5.54. The van der Waals surface area contributed by atoms with Gasteiger partial charge in [0.25, 0.3) is 0 Å². The van der Waals surface area contributed by atoms with Gasteiger partial charge in [-0.2, -0.15) is 0 Å². The van der Waals surface area contributed by atoms with Crippen LogP contribution in [0.25, 0.3) is 0 Å². The molecule has 126 valence electrons. The van der Waals surface area contributed by atoms with Crippen LogP contribution in [0.5, 0.6) is 5.75 Å². The van der Waals surface area contributed by atoms with Gasteiger partial charge in [0.2, 0.25) is 5.91 Å². The molecule has 2 unspecified atom stereocenters.